The third kappa shape index (κ3) is 4.01. The monoisotopic (exact) mass is 449 g/mol. The van der Waals surface area contributed by atoms with E-state index in [-0.39, 0.29) is 31.3 Å². The Hall–Kier alpha value is -3.55. The first-order chi connectivity index (χ1) is 15.9. The molecule has 33 heavy (non-hydrogen) atoms. The highest BCUT2D eigenvalue weighted by Gasteiger charge is 2.26. The Kier molecular flexibility index (Phi) is 5.44. The maximum Gasteiger partial charge on any atom is 0.332 e. The highest BCUT2D eigenvalue weighted by molar-refractivity contribution is 5.81. The topological polar surface area (TPSA) is 82.8 Å². The number of fused-ring (bicyclic) bond motifs is 2. The maximum absolute atomic E-state index is 13.5. The summed E-state index contributed by atoms with van der Waals surface area (Å²) < 4.78 is 13.4. The fraction of sp³-hybridized carbons (Fsp3) is 0.400. The third-order valence-corrected chi connectivity index (χ3v) is 6.42. The highest BCUT2D eigenvalue weighted by Crippen LogP contribution is 2.32. The number of carbonyl (C=O) groups excluding carboxylic acids is 1. The van der Waals surface area contributed by atoms with Crippen molar-refractivity contribution in [2.45, 2.75) is 33.4 Å². The second kappa shape index (κ2) is 8.42. The van der Waals surface area contributed by atoms with E-state index in [1.54, 1.807) is 42.5 Å². The van der Waals surface area contributed by atoms with E-state index in [0.29, 0.717) is 47.3 Å². The van der Waals surface area contributed by atoms with Gasteiger partial charge in [-0.1, -0.05) is 32.0 Å². The van der Waals surface area contributed by atoms with Crippen molar-refractivity contribution in [3.8, 4) is 11.5 Å². The van der Waals surface area contributed by atoms with Crippen LogP contribution in [0.15, 0.2) is 52.1 Å². The van der Waals surface area contributed by atoms with Gasteiger partial charge in [-0.15, -0.1) is 0 Å². The Balaban J connectivity index is 1.54. The summed E-state index contributed by atoms with van der Waals surface area (Å²) in [7, 11) is 0. The smallest absolute Gasteiger partial charge is 0.332 e. The first-order valence-corrected chi connectivity index (χ1v) is 11.3. The average Bonchev–Trinajstić information content (AvgIpc) is 3.26. The summed E-state index contributed by atoms with van der Waals surface area (Å²) in [5.74, 6) is 1.97. The van der Waals surface area contributed by atoms with Crippen molar-refractivity contribution in [1.82, 2.24) is 14.0 Å². The van der Waals surface area contributed by atoms with Gasteiger partial charge in [-0.3, -0.25) is 18.7 Å². The molecular formula is C25H27N3O5. The molecule has 2 aliphatic heterocycles. The van der Waals surface area contributed by atoms with E-state index in [9.17, 15) is 14.4 Å². The van der Waals surface area contributed by atoms with E-state index in [1.165, 1.54) is 9.13 Å². The van der Waals surface area contributed by atoms with Crippen LogP contribution in [0.4, 0.5) is 0 Å². The molecule has 3 aromatic rings. The molecule has 5 rings (SSSR count). The molecule has 2 aromatic carbocycles. The van der Waals surface area contributed by atoms with E-state index in [4.69, 9.17) is 9.47 Å². The lowest BCUT2D eigenvalue weighted by Crippen LogP contribution is -2.47. The predicted octanol–water partition coefficient (Wildman–Crippen LogP) is 2.44. The molecule has 0 saturated carbocycles. The van der Waals surface area contributed by atoms with Crippen LogP contribution < -0.4 is 20.7 Å². The molecule has 0 aliphatic carbocycles. The van der Waals surface area contributed by atoms with E-state index in [1.807, 2.05) is 4.90 Å². The number of piperidine rings is 1. The molecule has 0 radical (unpaired) electrons. The van der Waals surface area contributed by atoms with Gasteiger partial charge in [0.1, 0.15) is 6.54 Å². The fourth-order valence-corrected chi connectivity index (χ4v) is 4.99. The molecule has 0 spiro atoms. The minimum atomic E-state index is -0.497. The quantitative estimate of drug-likeness (QED) is 0.611. The van der Waals surface area contributed by atoms with Crippen molar-refractivity contribution in [3.63, 3.8) is 0 Å². The molecular weight excluding hydrogens is 422 g/mol. The summed E-state index contributed by atoms with van der Waals surface area (Å²) in [6.45, 7) is 5.79. The second-order valence-electron chi connectivity index (χ2n) is 9.21. The van der Waals surface area contributed by atoms with Crippen LogP contribution in [0.1, 0.15) is 25.8 Å². The molecule has 8 heteroatoms. The first-order valence-electron chi connectivity index (χ1n) is 11.3. The number of hydrogen-bond donors (Lipinski definition) is 0. The molecule has 3 heterocycles. The van der Waals surface area contributed by atoms with Crippen LogP contribution in [0.2, 0.25) is 0 Å². The van der Waals surface area contributed by atoms with Gasteiger partial charge in [-0.2, -0.15) is 0 Å². The zero-order valence-electron chi connectivity index (χ0n) is 18.8. The van der Waals surface area contributed by atoms with Crippen LogP contribution in [-0.2, 0) is 17.9 Å². The van der Waals surface area contributed by atoms with Gasteiger partial charge in [0.2, 0.25) is 12.7 Å². The van der Waals surface area contributed by atoms with Crippen molar-refractivity contribution in [2.75, 3.05) is 19.9 Å². The molecule has 0 N–H and O–H groups in total. The summed E-state index contributed by atoms with van der Waals surface area (Å²) in [4.78, 5) is 41.7. The highest BCUT2D eigenvalue weighted by atomic mass is 16.7. The lowest BCUT2D eigenvalue weighted by molar-refractivity contribution is -0.134. The van der Waals surface area contributed by atoms with Crippen LogP contribution >= 0.6 is 0 Å². The number of ether oxygens (including phenoxy) is 2. The second-order valence-corrected chi connectivity index (χ2v) is 9.21. The SMILES string of the molecule is C[C@@H]1C[C@@H](C)CN(C(=O)Cn2c(=O)n(Cc3ccc4c(c3)OCO4)c(=O)c3ccccc32)C1. The number of likely N-dealkylation sites (tertiary alicyclic amines) is 1. The van der Waals surface area contributed by atoms with Crippen LogP contribution in [-0.4, -0.2) is 39.8 Å². The number of hydrogen-bond acceptors (Lipinski definition) is 5. The fourth-order valence-electron chi connectivity index (χ4n) is 4.99. The zero-order chi connectivity index (χ0) is 23.1. The zero-order valence-corrected chi connectivity index (χ0v) is 18.8. The predicted molar refractivity (Wildman–Crippen MR) is 124 cm³/mol. The molecule has 1 saturated heterocycles. The third-order valence-electron chi connectivity index (χ3n) is 6.42. The molecule has 8 nitrogen and oxygen atoms in total. The van der Waals surface area contributed by atoms with E-state index < -0.39 is 5.69 Å². The number of para-hydroxylation sites is 1. The number of amides is 1. The summed E-state index contributed by atoms with van der Waals surface area (Å²) in [5, 5.41) is 0.408. The summed E-state index contributed by atoms with van der Waals surface area (Å²) in [6, 6.07) is 12.3. The Morgan fingerprint density at radius 3 is 2.48 bits per heavy atom. The van der Waals surface area contributed by atoms with Crippen LogP contribution in [0, 0.1) is 11.8 Å². The summed E-state index contributed by atoms with van der Waals surface area (Å²) >= 11 is 0. The van der Waals surface area contributed by atoms with Gasteiger partial charge in [0.25, 0.3) is 5.56 Å². The van der Waals surface area contributed by atoms with E-state index in [0.717, 1.165) is 12.0 Å². The average molecular weight is 450 g/mol. The molecule has 2 atom stereocenters. The molecule has 1 aromatic heterocycles. The molecule has 1 fully saturated rings. The molecule has 0 unspecified atom stereocenters. The van der Waals surface area contributed by atoms with Gasteiger partial charge in [-0.25, -0.2) is 4.79 Å². The molecule has 2 aliphatic rings. The molecule has 172 valence electrons. The lowest BCUT2D eigenvalue weighted by atomic mass is 9.92. The van der Waals surface area contributed by atoms with Gasteiger partial charge in [0.05, 0.1) is 17.4 Å². The van der Waals surface area contributed by atoms with Gasteiger partial charge >= 0.3 is 5.69 Å². The van der Waals surface area contributed by atoms with Crippen molar-refractivity contribution in [3.05, 3.63) is 68.9 Å². The minimum Gasteiger partial charge on any atom is -0.454 e. The number of carbonyl (C=O) groups is 1. The Morgan fingerprint density at radius 2 is 1.70 bits per heavy atom. The first kappa shape index (κ1) is 21.3. The Morgan fingerprint density at radius 1 is 0.970 bits per heavy atom. The van der Waals surface area contributed by atoms with Gasteiger partial charge in [0.15, 0.2) is 11.5 Å². The Labute approximate surface area is 191 Å². The summed E-state index contributed by atoms with van der Waals surface area (Å²) in [6.07, 6.45) is 1.09. The molecule has 1 amide bonds. The number of nitrogens with zero attached hydrogens (tertiary/aromatic N) is 3. The van der Waals surface area contributed by atoms with Crippen LogP contribution in [0.25, 0.3) is 10.9 Å². The molecule has 0 bridgehead atoms. The van der Waals surface area contributed by atoms with Crippen molar-refractivity contribution >= 4 is 16.8 Å². The van der Waals surface area contributed by atoms with Crippen molar-refractivity contribution < 1.29 is 14.3 Å². The van der Waals surface area contributed by atoms with E-state index in [2.05, 4.69) is 13.8 Å². The van der Waals surface area contributed by atoms with Crippen molar-refractivity contribution in [2.24, 2.45) is 11.8 Å². The van der Waals surface area contributed by atoms with Gasteiger partial charge in [-0.05, 0) is 48.1 Å². The van der Waals surface area contributed by atoms with Crippen LogP contribution in [0.3, 0.4) is 0 Å². The number of rotatable bonds is 4. The summed E-state index contributed by atoms with van der Waals surface area (Å²) in [5.41, 5.74) is 0.339. The lowest BCUT2D eigenvalue weighted by Gasteiger charge is -2.35. The number of benzene rings is 2. The van der Waals surface area contributed by atoms with Gasteiger partial charge in [0, 0.05) is 13.1 Å². The van der Waals surface area contributed by atoms with Gasteiger partial charge < -0.3 is 14.4 Å². The maximum atomic E-state index is 13.5. The number of aromatic nitrogens is 2. The van der Waals surface area contributed by atoms with Crippen molar-refractivity contribution in [1.29, 1.82) is 0 Å². The standard InChI is InChI=1S/C25H27N3O5/c1-16-9-17(2)12-26(11-16)23(29)14-27-20-6-4-3-5-19(20)24(30)28(25(27)31)13-18-7-8-21-22(10-18)33-15-32-21/h3-8,10,16-17H,9,11-15H2,1-2H3/t16-,17-/m1/s1. The van der Waals surface area contributed by atoms with E-state index >= 15 is 0 Å². The minimum absolute atomic E-state index is 0.0745. The van der Waals surface area contributed by atoms with Crippen LogP contribution in [0.5, 0.6) is 11.5 Å². The largest absolute Gasteiger partial charge is 0.454 e. The normalized spacial score (nSPS) is 19.8. The Bertz CT molecular complexity index is 1330.